The molecule has 0 aromatic carbocycles. The maximum absolute atomic E-state index is 8.71. The third-order valence-corrected chi connectivity index (χ3v) is 1.78. The monoisotopic (exact) mass is 216 g/mol. The first-order chi connectivity index (χ1) is 5.24. The lowest BCUT2D eigenvalue weighted by Gasteiger charge is -2.06. The summed E-state index contributed by atoms with van der Waals surface area (Å²) in [5, 5.41) is 8.71. The predicted octanol–water partition coefficient (Wildman–Crippen LogP) is 0.836. The highest BCUT2D eigenvalue weighted by Gasteiger charge is 2.03. The van der Waals surface area contributed by atoms with Crippen molar-refractivity contribution in [2.45, 2.75) is 6.04 Å². The molecule has 1 heterocycles. The maximum Gasteiger partial charge on any atom is 0.0624 e. The summed E-state index contributed by atoms with van der Waals surface area (Å²) in [6.07, 6.45) is 3.32. The molecule has 1 unspecified atom stereocenters. The van der Waals surface area contributed by atoms with Crippen LogP contribution in [0.25, 0.3) is 0 Å². The third-order valence-electron chi connectivity index (χ3n) is 1.35. The number of aliphatic hydroxyl groups excluding tert-OH is 1. The van der Waals surface area contributed by atoms with Gasteiger partial charge in [-0.3, -0.25) is 4.98 Å². The summed E-state index contributed by atoms with van der Waals surface area (Å²) < 4.78 is 0.874. The van der Waals surface area contributed by atoms with E-state index in [1.54, 1.807) is 12.4 Å². The van der Waals surface area contributed by atoms with Crippen LogP contribution in [-0.4, -0.2) is 16.7 Å². The van der Waals surface area contributed by atoms with Crippen LogP contribution < -0.4 is 5.73 Å². The fourth-order valence-electron chi connectivity index (χ4n) is 0.736. The average Bonchev–Trinajstić information content (AvgIpc) is 2.03. The molecule has 0 fully saturated rings. The number of aromatic nitrogens is 1. The number of hydrogen-bond donors (Lipinski definition) is 2. The first-order valence-electron chi connectivity index (χ1n) is 3.21. The Morgan fingerprint density at radius 1 is 1.64 bits per heavy atom. The summed E-state index contributed by atoms with van der Waals surface area (Å²) in [4.78, 5) is 3.92. The number of nitrogens with zero attached hydrogens (tertiary/aromatic N) is 1. The Hall–Kier alpha value is -0.450. The van der Waals surface area contributed by atoms with Crippen LogP contribution in [0, 0.1) is 0 Å². The van der Waals surface area contributed by atoms with Gasteiger partial charge in [0.05, 0.1) is 12.6 Å². The van der Waals surface area contributed by atoms with Crippen molar-refractivity contribution < 1.29 is 5.11 Å². The van der Waals surface area contributed by atoms with E-state index in [0.717, 1.165) is 10.0 Å². The Labute approximate surface area is 73.4 Å². The fourth-order valence-corrected chi connectivity index (χ4v) is 1.12. The summed E-state index contributed by atoms with van der Waals surface area (Å²) in [7, 11) is 0. The van der Waals surface area contributed by atoms with Crippen molar-refractivity contribution in [2.24, 2.45) is 5.73 Å². The number of nitrogens with two attached hydrogens (primary N) is 1. The van der Waals surface area contributed by atoms with Crippen molar-refractivity contribution >= 4 is 15.9 Å². The van der Waals surface area contributed by atoms with Crippen LogP contribution in [0.15, 0.2) is 22.9 Å². The van der Waals surface area contributed by atoms with Crippen LogP contribution in [0.5, 0.6) is 0 Å². The Bertz CT molecular complexity index is 242. The van der Waals surface area contributed by atoms with Crippen LogP contribution in [0.2, 0.25) is 0 Å². The zero-order chi connectivity index (χ0) is 8.27. The van der Waals surface area contributed by atoms with E-state index in [9.17, 15) is 0 Å². The van der Waals surface area contributed by atoms with Crippen LogP contribution in [0.4, 0.5) is 0 Å². The molecule has 0 aliphatic heterocycles. The first-order valence-corrected chi connectivity index (χ1v) is 4.00. The van der Waals surface area contributed by atoms with Gasteiger partial charge in [0.25, 0.3) is 0 Å². The van der Waals surface area contributed by atoms with Crippen molar-refractivity contribution in [1.82, 2.24) is 4.98 Å². The summed E-state index contributed by atoms with van der Waals surface area (Å²) in [6, 6.07) is 1.51. The minimum atomic E-state index is -0.333. The second kappa shape index (κ2) is 3.80. The van der Waals surface area contributed by atoms with E-state index in [1.807, 2.05) is 6.07 Å². The van der Waals surface area contributed by atoms with Gasteiger partial charge in [0.1, 0.15) is 0 Å². The minimum absolute atomic E-state index is 0.0574. The summed E-state index contributed by atoms with van der Waals surface area (Å²) >= 11 is 3.26. The van der Waals surface area contributed by atoms with Gasteiger partial charge in [-0.25, -0.2) is 0 Å². The Morgan fingerprint density at radius 2 is 2.36 bits per heavy atom. The number of pyridine rings is 1. The lowest BCUT2D eigenvalue weighted by molar-refractivity contribution is 0.268. The summed E-state index contributed by atoms with van der Waals surface area (Å²) in [6.45, 7) is -0.0574. The molecule has 1 rings (SSSR count). The van der Waals surface area contributed by atoms with Crippen molar-refractivity contribution in [3.8, 4) is 0 Å². The lowest BCUT2D eigenvalue weighted by atomic mass is 10.1. The second-order valence-electron chi connectivity index (χ2n) is 2.23. The van der Waals surface area contributed by atoms with Gasteiger partial charge in [-0.1, -0.05) is 0 Å². The Balaban J connectivity index is 2.86. The van der Waals surface area contributed by atoms with E-state index in [0.29, 0.717) is 0 Å². The van der Waals surface area contributed by atoms with Crippen molar-refractivity contribution in [2.75, 3.05) is 6.61 Å². The van der Waals surface area contributed by atoms with Gasteiger partial charge >= 0.3 is 0 Å². The SMILES string of the molecule is NC(CO)c1cncc(Br)c1. The van der Waals surface area contributed by atoms with Gasteiger partial charge < -0.3 is 10.8 Å². The van der Waals surface area contributed by atoms with Crippen LogP contribution in [0.3, 0.4) is 0 Å². The van der Waals surface area contributed by atoms with Gasteiger partial charge in [0, 0.05) is 16.9 Å². The second-order valence-corrected chi connectivity index (χ2v) is 3.14. The molecule has 1 aromatic rings. The highest BCUT2D eigenvalue weighted by molar-refractivity contribution is 9.10. The molecule has 60 valence electrons. The van der Waals surface area contributed by atoms with E-state index in [-0.39, 0.29) is 12.6 Å². The minimum Gasteiger partial charge on any atom is -0.394 e. The zero-order valence-corrected chi connectivity index (χ0v) is 7.45. The standard InChI is InChI=1S/C7H9BrN2O/c8-6-1-5(2-10-3-6)7(9)4-11/h1-3,7,11H,4,9H2. The molecule has 0 saturated carbocycles. The molecule has 0 radical (unpaired) electrons. The predicted molar refractivity (Wildman–Crippen MR) is 46.0 cm³/mol. The molecule has 0 aliphatic rings. The molecule has 4 heteroatoms. The molecule has 3 N–H and O–H groups in total. The summed E-state index contributed by atoms with van der Waals surface area (Å²) in [5.41, 5.74) is 6.39. The smallest absolute Gasteiger partial charge is 0.0624 e. The third kappa shape index (κ3) is 2.25. The highest BCUT2D eigenvalue weighted by atomic mass is 79.9. The number of aliphatic hydroxyl groups is 1. The molecule has 0 bridgehead atoms. The van der Waals surface area contributed by atoms with Gasteiger partial charge in [0.15, 0.2) is 0 Å². The van der Waals surface area contributed by atoms with E-state index in [2.05, 4.69) is 20.9 Å². The molecule has 1 atom stereocenters. The van der Waals surface area contributed by atoms with Crippen LogP contribution >= 0.6 is 15.9 Å². The van der Waals surface area contributed by atoms with Crippen LogP contribution in [0.1, 0.15) is 11.6 Å². The van der Waals surface area contributed by atoms with Gasteiger partial charge in [0.2, 0.25) is 0 Å². The fraction of sp³-hybridized carbons (Fsp3) is 0.286. The average molecular weight is 217 g/mol. The quantitative estimate of drug-likeness (QED) is 0.771. The van der Waals surface area contributed by atoms with Crippen LogP contribution in [-0.2, 0) is 0 Å². The van der Waals surface area contributed by atoms with Gasteiger partial charge in [-0.2, -0.15) is 0 Å². The van der Waals surface area contributed by atoms with E-state index in [4.69, 9.17) is 10.8 Å². The maximum atomic E-state index is 8.71. The van der Waals surface area contributed by atoms with Gasteiger partial charge in [-0.15, -0.1) is 0 Å². The largest absolute Gasteiger partial charge is 0.394 e. The Morgan fingerprint density at radius 3 is 2.91 bits per heavy atom. The van der Waals surface area contributed by atoms with Crippen molar-refractivity contribution in [1.29, 1.82) is 0 Å². The molecule has 0 aliphatic carbocycles. The molecule has 0 amide bonds. The van der Waals surface area contributed by atoms with Crippen molar-refractivity contribution in [3.63, 3.8) is 0 Å². The molecule has 0 spiro atoms. The van der Waals surface area contributed by atoms with Crippen molar-refractivity contribution in [3.05, 3.63) is 28.5 Å². The highest BCUT2D eigenvalue weighted by Crippen LogP contribution is 2.13. The van der Waals surface area contributed by atoms with E-state index in [1.165, 1.54) is 0 Å². The van der Waals surface area contributed by atoms with E-state index < -0.39 is 0 Å². The molecule has 0 saturated heterocycles. The zero-order valence-electron chi connectivity index (χ0n) is 5.87. The van der Waals surface area contributed by atoms with E-state index >= 15 is 0 Å². The lowest BCUT2D eigenvalue weighted by Crippen LogP contribution is -2.14. The first kappa shape index (κ1) is 8.64. The molecule has 1 aromatic heterocycles. The molecule has 3 nitrogen and oxygen atoms in total. The molecule has 11 heavy (non-hydrogen) atoms. The number of halogens is 1. The van der Waals surface area contributed by atoms with Gasteiger partial charge in [-0.05, 0) is 27.6 Å². The normalized spacial score (nSPS) is 13.0. The molecular formula is C7H9BrN2O. The number of hydrogen-bond acceptors (Lipinski definition) is 3. The number of rotatable bonds is 2. The summed E-state index contributed by atoms with van der Waals surface area (Å²) in [5.74, 6) is 0. The topological polar surface area (TPSA) is 59.1 Å². The molecular weight excluding hydrogens is 208 g/mol. The Kier molecular flexibility index (Phi) is 2.99.